The van der Waals surface area contributed by atoms with E-state index in [-0.39, 0.29) is 23.7 Å². The van der Waals surface area contributed by atoms with Crippen LogP contribution in [0.15, 0.2) is 42.7 Å². The molecule has 0 saturated carbocycles. The number of benzene rings is 2. The van der Waals surface area contributed by atoms with Crippen LogP contribution in [0, 0.1) is 5.82 Å². The fourth-order valence-corrected chi connectivity index (χ4v) is 5.95. The van der Waals surface area contributed by atoms with E-state index >= 15 is 4.39 Å². The lowest BCUT2D eigenvalue weighted by atomic mass is 10.0. The lowest BCUT2D eigenvalue weighted by Crippen LogP contribution is -2.44. The number of anilines is 3. The zero-order chi connectivity index (χ0) is 30.6. The van der Waals surface area contributed by atoms with Gasteiger partial charge in [0.2, 0.25) is 16.0 Å². The average molecular weight is 614 g/mol. The number of hydrogen-bond acceptors (Lipinski definition) is 10. The zero-order valence-corrected chi connectivity index (χ0v) is 24.9. The Kier molecular flexibility index (Phi) is 9.16. The summed E-state index contributed by atoms with van der Waals surface area (Å²) in [5, 5.41) is 3.52. The Labute approximate surface area is 248 Å². The van der Waals surface area contributed by atoms with Gasteiger partial charge in [0.05, 0.1) is 49.5 Å². The van der Waals surface area contributed by atoms with E-state index in [1.807, 2.05) is 13.8 Å². The molecule has 1 fully saturated rings. The molecule has 11 nitrogen and oxygen atoms in total. The van der Waals surface area contributed by atoms with E-state index in [1.165, 1.54) is 6.07 Å². The first-order valence-electron chi connectivity index (χ1n) is 13.9. The van der Waals surface area contributed by atoms with E-state index < -0.39 is 28.3 Å². The molecule has 228 valence electrons. The summed E-state index contributed by atoms with van der Waals surface area (Å²) in [7, 11) is -2.21. The monoisotopic (exact) mass is 613 g/mol. The minimum absolute atomic E-state index is 0.0133. The molecule has 1 atom stereocenters. The molecule has 5 rings (SSSR count). The van der Waals surface area contributed by atoms with Gasteiger partial charge in [0.25, 0.3) is 0 Å². The lowest BCUT2D eigenvalue weighted by Gasteiger charge is -2.35. The molecule has 0 aliphatic carbocycles. The molecule has 0 radical (unpaired) electrons. The van der Waals surface area contributed by atoms with Gasteiger partial charge in [-0.25, -0.2) is 32.7 Å². The molecular formula is C29H33F2N7O4S. The molecule has 43 heavy (non-hydrogen) atoms. The first-order chi connectivity index (χ1) is 20.7. The number of hydrogen-bond donors (Lipinski definition) is 2. The summed E-state index contributed by atoms with van der Waals surface area (Å²) in [5.74, 6) is 0.644. The molecule has 0 spiro atoms. The molecule has 1 unspecified atom stereocenters. The molecule has 2 aromatic carbocycles. The Bertz CT molecular complexity index is 1710. The first kappa shape index (κ1) is 30.3. The number of fused-ring (bicyclic) bond motifs is 1. The maximum atomic E-state index is 15.9. The van der Waals surface area contributed by atoms with Crippen molar-refractivity contribution in [3.8, 4) is 28.3 Å². The Hall–Kier alpha value is -4.17. The van der Waals surface area contributed by atoms with Gasteiger partial charge < -0.3 is 19.7 Å². The van der Waals surface area contributed by atoms with Crippen LogP contribution in [0.1, 0.15) is 20.3 Å². The van der Waals surface area contributed by atoms with Gasteiger partial charge >= 0.3 is 0 Å². The number of rotatable bonds is 11. The lowest BCUT2D eigenvalue weighted by molar-refractivity contribution is 0.0987. The fourth-order valence-electron chi connectivity index (χ4n) is 4.87. The van der Waals surface area contributed by atoms with Crippen molar-refractivity contribution in [3.63, 3.8) is 0 Å². The number of halogens is 2. The minimum atomic E-state index is -3.94. The van der Waals surface area contributed by atoms with Gasteiger partial charge in [0.1, 0.15) is 17.1 Å². The molecule has 0 amide bonds. The average Bonchev–Trinajstić information content (AvgIpc) is 3.01. The summed E-state index contributed by atoms with van der Waals surface area (Å²) in [4.78, 5) is 20.5. The number of morpholine rings is 1. The Balaban J connectivity index is 1.70. The van der Waals surface area contributed by atoms with E-state index in [9.17, 15) is 12.8 Å². The number of sulfonamides is 1. The van der Waals surface area contributed by atoms with Gasteiger partial charge in [-0.1, -0.05) is 12.1 Å². The van der Waals surface area contributed by atoms with Crippen molar-refractivity contribution in [2.45, 2.75) is 26.3 Å². The Morgan fingerprint density at radius 1 is 1.16 bits per heavy atom. The van der Waals surface area contributed by atoms with Crippen LogP contribution in [0.25, 0.3) is 33.4 Å². The molecule has 1 saturated heterocycles. The summed E-state index contributed by atoms with van der Waals surface area (Å²) in [5.41, 5.74) is 1.49. The van der Waals surface area contributed by atoms with Crippen LogP contribution in [0.3, 0.4) is 0 Å². The first-order valence-corrected chi connectivity index (χ1v) is 15.6. The number of alkyl halides is 1. The fraction of sp³-hybridized carbons (Fsp3) is 0.379. The predicted molar refractivity (Wildman–Crippen MR) is 162 cm³/mol. The molecule has 2 aromatic heterocycles. The second kappa shape index (κ2) is 13.0. The Morgan fingerprint density at radius 2 is 1.95 bits per heavy atom. The molecule has 1 aliphatic heterocycles. The van der Waals surface area contributed by atoms with E-state index in [0.717, 1.165) is 0 Å². The second-order valence-corrected chi connectivity index (χ2v) is 11.8. The highest BCUT2D eigenvalue weighted by molar-refractivity contribution is 7.92. The smallest absolute Gasteiger partial charge is 0.232 e. The third-order valence-corrected chi connectivity index (χ3v) is 8.30. The van der Waals surface area contributed by atoms with Crippen LogP contribution in [0.5, 0.6) is 5.75 Å². The highest BCUT2D eigenvalue weighted by atomic mass is 32.2. The zero-order valence-electron chi connectivity index (χ0n) is 24.1. The van der Waals surface area contributed by atoms with Crippen LogP contribution in [0.2, 0.25) is 0 Å². The summed E-state index contributed by atoms with van der Waals surface area (Å²) < 4.78 is 67.2. The molecular weight excluding hydrogens is 580 g/mol. The van der Waals surface area contributed by atoms with Crippen molar-refractivity contribution in [2.75, 3.05) is 60.8 Å². The molecule has 2 N–H and O–H groups in total. The summed E-state index contributed by atoms with van der Waals surface area (Å²) in [6.07, 6.45) is 3.09. The maximum Gasteiger partial charge on any atom is 0.232 e. The number of ether oxygens (including phenoxy) is 2. The van der Waals surface area contributed by atoms with Gasteiger partial charge in [-0.2, -0.15) is 0 Å². The van der Waals surface area contributed by atoms with Gasteiger partial charge in [0, 0.05) is 36.9 Å². The largest absolute Gasteiger partial charge is 0.492 e. The third-order valence-electron chi connectivity index (χ3n) is 6.94. The van der Waals surface area contributed by atoms with Gasteiger partial charge in [-0.15, -0.1) is 0 Å². The molecule has 4 aromatic rings. The summed E-state index contributed by atoms with van der Waals surface area (Å²) >= 11 is 0. The normalized spacial score (nSPS) is 15.5. The highest BCUT2D eigenvalue weighted by Gasteiger charge is 2.26. The molecule has 14 heteroatoms. The number of aromatic nitrogens is 4. The quantitative estimate of drug-likeness (QED) is 0.246. The van der Waals surface area contributed by atoms with Gasteiger partial charge in [-0.05, 0) is 44.0 Å². The molecule has 3 heterocycles. The van der Waals surface area contributed by atoms with Crippen LogP contribution in [-0.2, 0) is 14.8 Å². The van der Waals surface area contributed by atoms with E-state index in [4.69, 9.17) is 19.4 Å². The van der Waals surface area contributed by atoms with Crippen LogP contribution < -0.4 is 19.7 Å². The van der Waals surface area contributed by atoms with Crippen LogP contribution >= 0.6 is 0 Å². The summed E-state index contributed by atoms with van der Waals surface area (Å²) in [6, 6.07) is 7.87. The van der Waals surface area contributed by atoms with Crippen LogP contribution in [-0.4, -0.2) is 80.2 Å². The van der Waals surface area contributed by atoms with Crippen molar-refractivity contribution in [2.24, 2.45) is 0 Å². The van der Waals surface area contributed by atoms with Crippen molar-refractivity contribution in [1.29, 1.82) is 0 Å². The Morgan fingerprint density at radius 3 is 2.65 bits per heavy atom. The van der Waals surface area contributed by atoms with Crippen LogP contribution in [0.4, 0.5) is 26.2 Å². The minimum Gasteiger partial charge on any atom is -0.492 e. The van der Waals surface area contributed by atoms with E-state index in [1.54, 1.807) is 43.7 Å². The van der Waals surface area contributed by atoms with Crippen molar-refractivity contribution in [1.82, 2.24) is 19.9 Å². The number of nitrogens with zero attached hydrogens (tertiary/aromatic N) is 5. The maximum absolute atomic E-state index is 15.9. The second-order valence-electron chi connectivity index (χ2n) is 9.97. The number of nitrogens with one attached hydrogen (secondary N) is 2. The molecule has 1 aliphatic rings. The predicted octanol–water partition coefficient (Wildman–Crippen LogP) is 4.66. The standard InChI is InChI=1S/C29H33F2N7O4S/c1-4-42-24-14-19(21-7-5-8-23(25(21)31)37-43(39,40)12-6-9-30)13-22-26(24)35-27(20-15-33-29(32-3)34-16-20)36-28(22)38-10-11-41-17-18(38)2/h5,7-8,13-16,18,37H,4,6,9-12,17H2,1-3H3,(H,32,33,34). The topological polar surface area (TPSA) is 131 Å². The summed E-state index contributed by atoms with van der Waals surface area (Å²) in [6.45, 7) is 4.97. The highest BCUT2D eigenvalue weighted by Crippen LogP contribution is 2.39. The van der Waals surface area contributed by atoms with Crippen molar-refractivity contribution >= 4 is 38.4 Å². The third kappa shape index (κ3) is 6.59. The van der Waals surface area contributed by atoms with Crippen molar-refractivity contribution < 1.29 is 26.7 Å². The molecule has 0 bridgehead atoms. The SMILES string of the molecule is CCOc1cc(-c2cccc(NS(=O)(=O)CCCF)c2F)cc2c(N3CCOCC3C)nc(-c3cnc(NC)nc3)nc12. The van der Waals surface area contributed by atoms with Crippen molar-refractivity contribution in [3.05, 3.63) is 48.5 Å². The van der Waals surface area contributed by atoms with E-state index in [2.05, 4.69) is 24.9 Å². The van der Waals surface area contributed by atoms with Gasteiger partial charge in [-0.3, -0.25) is 9.11 Å². The van der Waals surface area contributed by atoms with E-state index in [0.29, 0.717) is 71.7 Å². The van der Waals surface area contributed by atoms with Gasteiger partial charge in [0.15, 0.2) is 11.6 Å².